The number of nitrogens with zero attached hydrogens (tertiary/aromatic N) is 1. The van der Waals surface area contributed by atoms with Gasteiger partial charge in [0, 0.05) is 16.1 Å². The Hall–Kier alpha value is -4.03. The highest BCUT2D eigenvalue weighted by Crippen LogP contribution is 2.36. The number of nitrogens with one attached hydrogen (secondary N) is 1. The summed E-state index contributed by atoms with van der Waals surface area (Å²) in [4.78, 5) is 25.5. The lowest BCUT2D eigenvalue weighted by Gasteiger charge is -2.16. The van der Waals surface area contributed by atoms with Crippen LogP contribution in [0, 0.1) is 0 Å². The molecule has 2 amide bonds. The molecular weight excluding hydrogens is 452 g/mol. The first-order valence-corrected chi connectivity index (χ1v) is 11.0. The summed E-state index contributed by atoms with van der Waals surface area (Å²) in [6.07, 6.45) is 3.80. The van der Waals surface area contributed by atoms with Crippen LogP contribution in [-0.4, -0.2) is 18.9 Å². The summed E-state index contributed by atoms with van der Waals surface area (Å²) < 4.78 is 11.7. The summed E-state index contributed by atoms with van der Waals surface area (Å²) in [5.41, 5.74) is 5.49. The molecule has 4 rings (SSSR count). The van der Waals surface area contributed by atoms with Crippen LogP contribution in [0.25, 0.3) is 6.08 Å². The van der Waals surface area contributed by atoms with E-state index < -0.39 is 11.8 Å². The Labute approximate surface area is 203 Å². The topological polar surface area (TPSA) is 67.9 Å². The Bertz CT molecular complexity index is 1270. The van der Waals surface area contributed by atoms with Crippen molar-refractivity contribution in [2.24, 2.45) is 0 Å². The molecule has 1 aliphatic heterocycles. The maximum absolute atomic E-state index is 12.9. The maximum atomic E-state index is 12.9. The van der Waals surface area contributed by atoms with Gasteiger partial charge in [-0.25, -0.2) is 5.01 Å². The molecular formula is C27H23ClN2O4. The van der Waals surface area contributed by atoms with E-state index in [9.17, 15) is 9.59 Å². The fourth-order valence-corrected chi connectivity index (χ4v) is 3.83. The Morgan fingerprint density at radius 1 is 1.03 bits per heavy atom. The van der Waals surface area contributed by atoms with Gasteiger partial charge in [-0.05, 0) is 48.4 Å². The molecule has 0 unspecified atom stereocenters. The number of amides is 2. The molecule has 34 heavy (non-hydrogen) atoms. The smallest absolute Gasteiger partial charge is 0.282 e. The SMILES string of the molecule is C=CCc1cc(C=C2C(=O)NN(c3ccccc3)C2=O)cc(OC)c1OCc1ccccc1Cl. The van der Waals surface area contributed by atoms with Crippen molar-refractivity contribution in [3.8, 4) is 11.5 Å². The van der Waals surface area contributed by atoms with Gasteiger partial charge in [0.25, 0.3) is 11.8 Å². The predicted octanol–water partition coefficient (Wildman–Crippen LogP) is 5.12. The van der Waals surface area contributed by atoms with Crippen LogP contribution in [0.4, 0.5) is 5.69 Å². The molecule has 0 aliphatic carbocycles. The summed E-state index contributed by atoms with van der Waals surface area (Å²) in [5, 5.41) is 1.85. The fourth-order valence-electron chi connectivity index (χ4n) is 3.64. The van der Waals surface area contributed by atoms with E-state index >= 15 is 0 Å². The summed E-state index contributed by atoms with van der Waals surface area (Å²) in [5.74, 6) is 0.123. The van der Waals surface area contributed by atoms with Crippen LogP contribution in [0.3, 0.4) is 0 Å². The number of anilines is 1. The number of rotatable bonds is 8. The van der Waals surface area contributed by atoms with E-state index in [4.69, 9.17) is 21.1 Å². The number of ether oxygens (including phenoxy) is 2. The van der Waals surface area contributed by atoms with Crippen molar-refractivity contribution >= 4 is 35.2 Å². The lowest BCUT2D eigenvalue weighted by atomic mass is 10.0. The van der Waals surface area contributed by atoms with Gasteiger partial charge in [-0.1, -0.05) is 54.1 Å². The van der Waals surface area contributed by atoms with Crippen LogP contribution < -0.4 is 19.9 Å². The molecule has 6 nitrogen and oxygen atoms in total. The number of halogens is 1. The number of benzene rings is 3. The Morgan fingerprint density at radius 2 is 1.76 bits per heavy atom. The zero-order valence-electron chi connectivity index (χ0n) is 18.6. The molecule has 0 saturated carbocycles. The molecule has 1 fully saturated rings. The average molecular weight is 475 g/mol. The molecule has 3 aromatic rings. The second-order valence-corrected chi connectivity index (χ2v) is 7.97. The van der Waals surface area contributed by atoms with Gasteiger partial charge in [0.05, 0.1) is 12.8 Å². The largest absolute Gasteiger partial charge is 0.493 e. The number of para-hydroxylation sites is 1. The standard InChI is InChI=1S/C27H23ClN2O4/c1-3-9-19-14-18(15-22-26(31)29-30(27(22)32)21-11-5-4-6-12-21)16-24(33-2)25(19)34-17-20-10-7-8-13-23(20)28/h3-8,10-16H,1,9,17H2,2H3,(H,29,31). The molecule has 0 radical (unpaired) electrons. The molecule has 172 valence electrons. The molecule has 0 atom stereocenters. The Morgan fingerprint density at radius 3 is 2.47 bits per heavy atom. The highest BCUT2D eigenvalue weighted by Gasteiger charge is 2.34. The van der Waals surface area contributed by atoms with E-state index in [1.165, 1.54) is 12.1 Å². The lowest BCUT2D eigenvalue weighted by molar-refractivity contribution is -0.117. The highest BCUT2D eigenvalue weighted by molar-refractivity contribution is 6.32. The normalized spacial score (nSPS) is 14.3. The number of hydrazine groups is 1. The van der Waals surface area contributed by atoms with E-state index in [1.54, 1.807) is 48.6 Å². The zero-order valence-corrected chi connectivity index (χ0v) is 19.3. The van der Waals surface area contributed by atoms with Gasteiger partial charge in [0.2, 0.25) is 0 Å². The minimum atomic E-state index is -0.475. The van der Waals surface area contributed by atoms with Crippen molar-refractivity contribution in [1.82, 2.24) is 5.43 Å². The second-order valence-electron chi connectivity index (χ2n) is 7.56. The van der Waals surface area contributed by atoms with E-state index in [1.807, 2.05) is 30.3 Å². The Balaban J connectivity index is 1.66. The Kier molecular flexibility index (Phi) is 6.99. The van der Waals surface area contributed by atoms with Crippen LogP contribution in [0.1, 0.15) is 16.7 Å². The van der Waals surface area contributed by atoms with E-state index in [-0.39, 0.29) is 12.2 Å². The summed E-state index contributed by atoms with van der Waals surface area (Å²) >= 11 is 6.26. The molecule has 0 bridgehead atoms. The molecule has 0 spiro atoms. The minimum Gasteiger partial charge on any atom is -0.493 e. The summed E-state index contributed by atoms with van der Waals surface area (Å²) in [6, 6.07) is 20.0. The predicted molar refractivity (Wildman–Crippen MR) is 133 cm³/mol. The molecule has 3 aromatic carbocycles. The van der Waals surface area contributed by atoms with Crippen molar-refractivity contribution in [3.05, 3.63) is 107 Å². The van der Waals surface area contributed by atoms with Gasteiger partial charge < -0.3 is 9.47 Å². The zero-order chi connectivity index (χ0) is 24.1. The van der Waals surface area contributed by atoms with Crippen molar-refractivity contribution in [1.29, 1.82) is 0 Å². The molecule has 7 heteroatoms. The monoisotopic (exact) mass is 474 g/mol. The van der Waals surface area contributed by atoms with E-state index in [0.29, 0.717) is 34.2 Å². The van der Waals surface area contributed by atoms with E-state index in [0.717, 1.165) is 11.1 Å². The molecule has 1 aliphatic rings. The number of hydrogen-bond acceptors (Lipinski definition) is 4. The van der Waals surface area contributed by atoms with Crippen LogP contribution >= 0.6 is 11.6 Å². The van der Waals surface area contributed by atoms with Gasteiger partial charge in [-0.3, -0.25) is 15.0 Å². The second kappa shape index (κ2) is 10.3. The van der Waals surface area contributed by atoms with Gasteiger partial charge in [0.15, 0.2) is 11.5 Å². The van der Waals surface area contributed by atoms with Crippen LogP contribution in [0.15, 0.2) is 85.0 Å². The number of carbonyl (C=O) groups is 2. The molecule has 1 saturated heterocycles. The summed E-state index contributed by atoms with van der Waals surface area (Å²) in [6.45, 7) is 4.09. The number of methoxy groups -OCH3 is 1. The van der Waals surface area contributed by atoms with Crippen LogP contribution in [-0.2, 0) is 22.6 Å². The third-order valence-electron chi connectivity index (χ3n) is 5.28. The third-order valence-corrected chi connectivity index (χ3v) is 5.65. The van der Waals surface area contributed by atoms with Crippen LogP contribution in [0.2, 0.25) is 5.02 Å². The first kappa shape index (κ1) is 23.1. The first-order chi connectivity index (χ1) is 16.5. The average Bonchev–Trinajstić information content (AvgIpc) is 3.13. The number of carbonyl (C=O) groups excluding carboxylic acids is 2. The fraction of sp³-hybridized carbons (Fsp3) is 0.111. The summed E-state index contributed by atoms with van der Waals surface area (Å²) in [7, 11) is 1.54. The van der Waals surface area contributed by atoms with E-state index in [2.05, 4.69) is 12.0 Å². The molecule has 0 aromatic heterocycles. The van der Waals surface area contributed by atoms with Crippen molar-refractivity contribution in [3.63, 3.8) is 0 Å². The molecule has 1 heterocycles. The number of allylic oxidation sites excluding steroid dienone is 1. The van der Waals surface area contributed by atoms with Crippen LogP contribution in [0.5, 0.6) is 11.5 Å². The van der Waals surface area contributed by atoms with Crippen molar-refractivity contribution in [2.75, 3.05) is 12.1 Å². The quantitative estimate of drug-likeness (QED) is 0.279. The van der Waals surface area contributed by atoms with Crippen molar-refractivity contribution < 1.29 is 19.1 Å². The first-order valence-electron chi connectivity index (χ1n) is 10.6. The van der Waals surface area contributed by atoms with Crippen molar-refractivity contribution in [2.45, 2.75) is 13.0 Å². The van der Waals surface area contributed by atoms with Gasteiger partial charge in [0.1, 0.15) is 12.2 Å². The minimum absolute atomic E-state index is 0.0280. The maximum Gasteiger partial charge on any atom is 0.282 e. The highest BCUT2D eigenvalue weighted by atomic mass is 35.5. The third kappa shape index (κ3) is 4.82. The van der Waals surface area contributed by atoms with Gasteiger partial charge in [-0.2, -0.15) is 0 Å². The van der Waals surface area contributed by atoms with Gasteiger partial charge in [-0.15, -0.1) is 6.58 Å². The lowest BCUT2D eigenvalue weighted by Crippen LogP contribution is -2.35. The number of hydrogen-bond donors (Lipinski definition) is 1. The van der Waals surface area contributed by atoms with Gasteiger partial charge >= 0.3 is 0 Å². The molecule has 1 N–H and O–H groups in total.